The zero-order valence-electron chi connectivity index (χ0n) is 9.06. The lowest BCUT2D eigenvalue weighted by molar-refractivity contribution is -0.117. The molecule has 1 aromatic heterocycles. The highest BCUT2D eigenvalue weighted by molar-refractivity contribution is 5.93. The first-order chi connectivity index (χ1) is 7.83. The van der Waals surface area contributed by atoms with Gasteiger partial charge in [-0.2, -0.15) is 5.10 Å². The molecule has 0 aromatic carbocycles. The van der Waals surface area contributed by atoms with Crippen molar-refractivity contribution >= 4 is 11.6 Å². The maximum absolute atomic E-state index is 11.5. The molecule has 3 rings (SSSR count). The number of nitrogens with one attached hydrogen (secondary N) is 1. The van der Waals surface area contributed by atoms with Crippen LogP contribution in [0.3, 0.4) is 0 Å². The van der Waals surface area contributed by atoms with Gasteiger partial charge in [0.2, 0.25) is 5.91 Å². The van der Waals surface area contributed by atoms with Crippen LogP contribution in [0.25, 0.3) is 0 Å². The first-order valence-corrected chi connectivity index (χ1v) is 5.76. The van der Waals surface area contributed by atoms with Gasteiger partial charge in [-0.25, -0.2) is 0 Å². The smallest absolute Gasteiger partial charge is 0.227 e. The lowest BCUT2D eigenvalue weighted by Crippen LogP contribution is -2.13. The van der Waals surface area contributed by atoms with Crippen LogP contribution < -0.4 is 5.32 Å². The molecule has 2 fully saturated rings. The molecule has 0 bridgehead atoms. The van der Waals surface area contributed by atoms with E-state index in [1.165, 1.54) is 0 Å². The average Bonchev–Trinajstić information content (AvgIpc) is 2.80. The first kappa shape index (κ1) is 9.84. The van der Waals surface area contributed by atoms with E-state index in [1.54, 1.807) is 6.20 Å². The van der Waals surface area contributed by atoms with Gasteiger partial charge in [0.15, 0.2) is 0 Å². The molecule has 1 aliphatic carbocycles. The number of aromatic nitrogens is 2. The molecule has 5 heteroatoms. The fraction of sp³-hybridized carbons (Fsp3) is 0.636. The summed E-state index contributed by atoms with van der Waals surface area (Å²) in [5, 5.41) is 7.14. The second kappa shape index (κ2) is 3.90. The van der Waals surface area contributed by atoms with Crippen LogP contribution >= 0.6 is 0 Å². The Kier molecular flexibility index (Phi) is 2.40. The third kappa shape index (κ3) is 1.95. The summed E-state index contributed by atoms with van der Waals surface area (Å²) in [6.07, 6.45) is 6.64. The molecule has 5 nitrogen and oxygen atoms in total. The summed E-state index contributed by atoms with van der Waals surface area (Å²) in [5.41, 5.74) is 0.795. The molecule has 1 aliphatic heterocycles. The number of hydrogen-bond donors (Lipinski definition) is 1. The van der Waals surface area contributed by atoms with Gasteiger partial charge in [-0.1, -0.05) is 0 Å². The highest BCUT2D eigenvalue weighted by atomic mass is 16.5. The maximum atomic E-state index is 11.5. The van der Waals surface area contributed by atoms with Crippen LogP contribution in [0, 0.1) is 5.92 Å². The van der Waals surface area contributed by atoms with E-state index in [4.69, 9.17) is 4.74 Å². The van der Waals surface area contributed by atoms with E-state index in [1.807, 2.05) is 10.9 Å². The minimum Gasteiger partial charge on any atom is -0.379 e. The summed E-state index contributed by atoms with van der Waals surface area (Å²) in [6, 6.07) is 0.326. The Morgan fingerprint density at radius 3 is 3.06 bits per heavy atom. The largest absolute Gasteiger partial charge is 0.379 e. The van der Waals surface area contributed by atoms with Crippen molar-refractivity contribution in [2.75, 3.05) is 18.5 Å². The predicted molar refractivity (Wildman–Crippen MR) is 58.1 cm³/mol. The molecule has 1 aromatic rings. The van der Waals surface area contributed by atoms with Crippen molar-refractivity contribution in [2.45, 2.75) is 25.3 Å². The molecule has 0 radical (unpaired) electrons. The molecule has 1 unspecified atom stereocenters. The number of anilines is 1. The minimum absolute atomic E-state index is 0.127. The zero-order valence-corrected chi connectivity index (χ0v) is 9.06. The van der Waals surface area contributed by atoms with Crippen LogP contribution in [0.1, 0.15) is 25.3 Å². The highest BCUT2D eigenvalue weighted by Gasteiger charge is 2.30. The number of rotatable bonds is 3. The fourth-order valence-electron chi connectivity index (χ4n) is 1.92. The first-order valence-electron chi connectivity index (χ1n) is 5.76. The molecular formula is C11H15N3O2. The summed E-state index contributed by atoms with van der Waals surface area (Å²) in [6.45, 7) is 1.52. The predicted octanol–water partition coefficient (Wildman–Crippen LogP) is 1.19. The second-order valence-corrected chi connectivity index (χ2v) is 4.49. The number of hydrogen-bond acceptors (Lipinski definition) is 3. The van der Waals surface area contributed by atoms with Crippen LogP contribution in [0.5, 0.6) is 0 Å². The minimum atomic E-state index is 0.127. The van der Waals surface area contributed by atoms with Crippen molar-refractivity contribution in [3.63, 3.8) is 0 Å². The Morgan fingerprint density at radius 2 is 2.38 bits per heavy atom. The molecule has 1 saturated heterocycles. The van der Waals surface area contributed by atoms with Crippen LogP contribution in [0.15, 0.2) is 12.4 Å². The third-order valence-electron chi connectivity index (χ3n) is 3.10. The van der Waals surface area contributed by atoms with Crippen molar-refractivity contribution in [1.29, 1.82) is 0 Å². The Bertz CT molecular complexity index is 392. The van der Waals surface area contributed by atoms with Gasteiger partial charge in [-0.15, -0.1) is 0 Å². The standard InChI is InChI=1S/C11H15N3O2/c15-11(8-1-2-8)13-9-5-12-14(6-9)10-3-4-16-7-10/h5-6,8,10H,1-4,7H2,(H,13,15). The Balaban J connectivity index is 1.64. The molecule has 1 atom stereocenters. The maximum Gasteiger partial charge on any atom is 0.227 e. The fourth-order valence-corrected chi connectivity index (χ4v) is 1.92. The van der Waals surface area contributed by atoms with Crippen molar-refractivity contribution in [3.8, 4) is 0 Å². The molecule has 86 valence electrons. The number of ether oxygens (including phenoxy) is 1. The van der Waals surface area contributed by atoms with Crippen LogP contribution in [0.2, 0.25) is 0 Å². The van der Waals surface area contributed by atoms with Crippen LogP contribution in [0.4, 0.5) is 5.69 Å². The molecule has 2 aliphatic rings. The number of carbonyl (C=O) groups excluding carboxylic acids is 1. The number of nitrogens with zero attached hydrogens (tertiary/aromatic N) is 2. The molecule has 1 amide bonds. The van der Waals surface area contributed by atoms with Gasteiger partial charge in [-0.05, 0) is 19.3 Å². The van der Waals surface area contributed by atoms with Gasteiger partial charge >= 0.3 is 0 Å². The molecule has 0 spiro atoms. The van der Waals surface area contributed by atoms with E-state index in [-0.39, 0.29) is 11.8 Å². The van der Waals surface area contributed by atoms with Crippen LogP contribution in [-0.2, 0) is 9.53 Å². The van der Waals surface area contributed by atoms with Crippen molar-refractivity contribution in [1.82, 2.24) is 9.78 Å². The van der Waals surface area contributed by atoms with Gasteiger partial charge in [0.1, 0.15) is 0 Å². The second-order valence-electron chi connectivity index (χ2n) is 4.49. The van der Waals surface area contributed by atoms with Crippen LogP contribution in [-0.4, -0.2) is 28.9 Å². The quantitative estimate of drug-likeness (QED) is 0.834. The number of amides is 1. The summed E-state index contributed by atoms with van der Waals surface area (Å²) in [7, 11) is 0. The van der Waals surface area contributed by atoms with E-state index < -0.39 is 0 Å². The Morgan fingerprint density at radius 1 is 1.50 bits per heavy atom. The van der Waals surface area contributed by atoms with E-state index in [2.05, 4.69) is 10.4 Å². The highest BCUT2D eigenvalue weighted by Crippen LogP contribution is 2.30. The molecule has 1 saturated carbocycles. The van der Waals surface area contributed by atoms with E-state index in [0.29, 0.717) is 6.04 Å². The normalized spacial score (nSPS) is 24.6. The molecule has 1 N–H and O–H groups in total. The van der Waals surface area contributed by atoms with Crippen molar-refractivity contribution < 1.29 is 9.53 Å². The monoisotopic (exact) mass is 221 g/mol. The van der Waals surface area contributed by atoms with Gasteiger partial charge in [0.25, 0.3) is 0 Å². The third-order valence-corrected chi connectivity index (χ3v) is 3.10. The van der Waals surface area contributed by atoms with Gasteiger partial charge < -0.3 is 10.1 Å². The summed E-state index contributed by atoms with van der Waals surface area (Å²) in [5.74, 6) is 0.361. The Hall–Kier alpha value is -1.36. The summed E-state index contributed by atoms with van der Waals surface area (Å²) in [4.78, 5) is 11.5. The zero-order chi connectivity index (χ0) is 11.0. The molecular weight excluding hydrogens is 206 g/mol. The van der Waals surface area contributed by atoms with E-state index in [9.17, 15) is 4.79 Å². The van der Waals surface area contributed by atoms with Crippen molar-refractivity contribution in [3.05, 3.63) is 12.4 Å². The van der Waals surface area contributed by atoms with Gasteiger partial charge in [-0.3, -0.25) is 9.48 Å². The lowest BCUT2D eigenvalue weighted by atomic mass is 10.3. The van der Waals surface area contributed by atoms with Gasteiger partial charge in [0, 0.05) is 18.7 Å². The SMILES string of the molecule is O=C(Nc1cnn(C2CCOC2)c1)C1CC1. The lowest BCUT2D eigenvalue weighted by Gasteiger charge is -2.06. The summed E-state index contributed by atoms with van der Waals surface area (Å²) < 4.78 is 7.19. The summed E-state index contributed by atoms with van der Waals surface area (Å²) >= 11 is 0. The van der Waals surface area contributed by atoms with Crippen molar-refractivity contribution in [2.24, 2.45) is 5.92 Å². The molecule has 2 heterocycles. The average molecular weight is 221 g/mol. The Labute approximate surface area is 93.8 Å². The van der Waals surface area contributed by atoms with Gasteiger partial charge in [0.05, 0.1) is 24.5 Å². The topological polar surface area (TPSA) is 56.2 Å². The number of carbonyl (C=O) groups is 1. The van der Waals surface area contributed by atoms with E-state index >= 15 is 0 Å². The van der Waals surface area contributed by atoms with E-state index in [0.717, 1.165) is 38.2 Å². The molecule has 16 heavy (non-hydrogen) atoms.